The van der Waals surface area contributed by atoms with Crippen LogP contribution in [0.3, 0.4) is 0 Å². The van der Waals surface area contributed by atoms with E-state index in [4.69, 9.17) is 11.6 Å². The van der Waals surface area contributed by atoms with Crippen LogP contribution in [0.5, 0.6) is 0 Å². The maximum Gasteiger partial charge on any atom is 0.264 e. The number of hydrogen-bond acceptors (Lipinski definition) is 4. The van der Waals surface area contributed by atoms with Crippen LogP contribution in [0.4, 0.5) is 33.3 Å². The summed E-state index contributed by atoms with van der Waals surface area (Å²) < 4.78 is 67.7. The van der Waals surface area contributed by atoms with Crippen LogP contribution in [0.2, 0.25) is 5.02 Å². The molecule has 1 aliphatic rings. The van der Waals surface area contributed by atoms with E-state index in [9.17, 15) is 31.5 Å². The summed E-state index contributed by atoms with van der Waals surface area (Å²) in [5, 5.41) is 4.11. The number of nitrogens with zero attached hydrogens (tertiary/aromatic N) is 2. The zero-order valence-electron chi connectivity index (χ0n) is 17.2. The Bertz CT molecular complexity index is 1230. The zero-order chi connectivity index (χ0) is 24.6. The highest BCUT2D eigenvalue weighted by Gasteiger charge is 2.30. The van der Waals surface area contributed by atoms with Gasteiger partial charge in [-0.15, -0.1) is 11.3 Å². The second-order valence-corrected chi connectivity index (χ2v) is 8.68. The molecular formula is C22H15ClF5N3O2S. The Morgan fingerprint density at radius 1 is 0.882 bits per heavy atom. The Labute approximate surface area is 199 Å². The van der Waals surface area contributed by atoms with Crippen LogP contribution in [-0.2, 0) is 0 Å². The highest BCUT2D eigenvalue weighted by Crippen LogP contribution is 2.31. The molecular weight excluding hydrogens is 501 g/mol. The summed E-state index contributed by atoms with van der Waals surface area (Å²) in [6.45, 7) is 1.91. The van der Waals surface area contributed by atoms with Gasteiger partial charge in [0.2, 0.25) is 5.82 Å². The highest BCUT2D eigenvalue weighted by atomic mass is 35.5. The number of halogens is 6. The van der Waals surface area contributed by atoms with E-state index in [0.717, 1.165) is 0 Å². The smallest absolute Gasteiger partial charge is 0.264 e. The minimum absolute atomic E-state index is 0.00537. The number of hydrogen-bond donors (Lipinski definition) is 1. The van der Waals surface area contributed by atoms with Crippen LogP contribution in [0.1, 0.15) is 20.0 Å². The third-order valence-electron chi connectivity index (χ3n) is 5.28. The molecule has 2 aromatic carbocycles. The number of amides is 2. The molecule has 2 heterocycles. The molecule has 0 atom stereocenters. The van der Waals surface area contributed by atoms with Crippen LogP contribution in [0.25, 0.3) is 0 Å². The lowest BCUT2D eigenvalue weighted by molar-refractivity contribution is 0.0751. The van der Waals surface area contributed by atoms with Crippen molar-refractivity contribution >= 4 is 46.1 Å². The molecule has 0 saturated carbocycles. The topological polar surface area (TPSA) is 52.7 Å². The minimum Gasteiger partial charge on any atom is -0.367 e. The SMILES string of the molecule is O=C(Nc1ccc(N2CCN(C(=O)c3cccs3)CC2)c(Cl)c1)c1c(F)c(F)c(F)c(F)c1F. The molecule has 178 valence electrons. The Balaban J connectivity index is 1.45. The predicted molar refractivity (Wildman–Crippen MR) is 118 cm³/mol. The lowest BCUT2D eigenvalue weighted by Gasteiger charge is -2.36. The molecule has 0 bridgehead atoms. The highest BCUT2D eigenvalue weighted by molar-refractivity contribution is 7.12. The first-order valence-electron chi connectivity index (χ1n) is 9.89. The van der Waals surface area contributed by atoms with Gasteiger partial charge in [0.05, 0.1) is 15.6 Å². The fraction of sp³-hybridized carbons (Fsp3) is 0.182. The fourth-order valence-electron chi connectivity index (χ4n) is 3.55. The van der Waals surface area contributed by atoms with E-state index in [1.54, 1.807) is 23.1 Å². The van der Waals surface area contributed by atoms with E-state index in [1.165, 1.54) is 23.5 Å². The number of anilines is 2. The summed E-state index contributed by atoms with van der Waals surface area (Å²) in [5.74, 6) is -12.8. The van der Waals surface area contributed by atoms with Crippen molar-refractivity contribution in [3.63, 3.8) is 0 Å². The van der Waals surface area contributed by atoms with E-state index < -0.39 is 40.6 Å². The van der Waals surface area contributed by atoms with Crippen molar-refractivity contribution in [3.05, 3.63) is 80.3 Å². The van der Waals surface area contributed by atoms with Crippen molar-refractivity contribution in [2.24, 2.45) is 0 Å². The molecule has 0 aliphatic carbocycles. The maximum absolute atomic E-state index is 13.9. The molecule has 1 aliphatic heterocycles. The van der Waals surface area contributed by atoms with Crippen LogP contribution in [-0.4, -0.2) is 42.9 Å². The number of piperazine rings is 1. The molecule has 1 aromatic heterocycles. The van der Waals surface area contributed by atoms with Gasteiger partial charge < -0.3 is 15.1 Å². The van der Waals surface area contributed by atoms with Crippen molar-refractivity contribution in [2.45, 2.75) is 0 Å². The van der Waals surface area contributed by atoms with Gasteiger partial charge in [-0.1, -0.05) is 17.7 Å². The van der Waals surface area contributed by atoms with E-state index in [-0.39, 0.29) is 16.6 Å². The lowest BCUT2D eigenvalue weighted by Crippen LogP contribution is -2.48. The standard InChI is InChI=1S/C22H15ClF5N3O2S/c23-12-10-11(29-21(32)15-16(24)18(26)20(28)19(27)17(15)25)3-4-13(12)30-5-7-31(8-6-30)22(33)14-2-1-9-34-14/h1-4,9-10H,5-8H2,(H,29,32). The van der Waals surface area contributed by atoms with Gasteiger partial charge >= 0.3 is 0 Å². The minimum atomic E-state index is -2.35. The molecule has 0 radical (unpaired) electrons. The first-order chi connectivity index (χ1) is 16.2. The van der Waals surface area contributed by atoms with Crippen molar-refractivity contribution in [3.8, 4) is 0 Å². The number of carbonyl (C=O) groups excluding carboxylic acids is 2. The van der Waals surface area contributed by atoms with E-state index >= 15 is 0 Å². The monoisotopic (exact) mass is 515 g/mol. The maximum atomic E-state index is 13.9. The van der Waals surface area contributed by atoms with Crippen LogP contribution in [0, 0.1) is 29.1 Å². The molecule has 1 N–H and O–H groups in total. The van der Waals surface area contributed by atoms with Crippen LogP contribution in [0.15, 0.2) is 35.7 Å². The molecule has 1 fully saturated rings. The van der Waals surface area contributed by atoms with Crippen LogP contribution < -0.4 is 10.2 Å². The second-order valence-electron chi connectivity index (χ2n) is 7.32. The predicted octanol–water partition coefficient (Wildman–Crippen LogP) is 5.31. The second kappa shape index (κ2) is 9.59. The summed E-state index contributed by atoms with van der Waals surface area (Å²) in [4.78, 5) is 29.0. The number of benzene rings is 2. The molecule has 34 heavy (non-hydrogen) atoms. The molecule has 0 unspecified atom stereocenters. The Hall–Kier alpha value is -3.18. The van der Waals surface area contributed by atoms with Crippen LogP contribution >= 0.6 is 22.9 Å². The molecule has 12 heteroatoms. The molecule has 0 spiro atoms. The fourth-order valence-corrected chi connectivity index (χ4v) is 4.54. The molecule has 3 aromatic rings. The molecule has 4 rings (SSSR count). The summed E-state index contributed by atoms with van der Waals surface area (Å²) >= 11 is 7.68. The quantitative estimate of drug-likeness (QED) is 0.291. The first kappa shape index (κ1) is 24.0. The van der Waals surface area contributed by atoms with Gasteiger partial charge in [-0.05, 0) is 29.6 Å². The van der Waals surface area contributed by atoms with Crippen molar-refractivity contribution in [1.29, 1.82) is 0 Å². The zero-order valence-corrected chi connectivity index (χ0v) is 18.8. The summed E-state index contributed by atoms with van der Waals surface area (Å²) in [7, 11) is 0. The number of thiophene rings is 1. The first-order valence-corrected chi connectivity index (χ1v) is 11.1. The van der Waals surface area contributed by atoms with Crippen molar-refractivity contribution in [1.82, 2.24) is 4.90 Å². The van der Waals surface area contributed by atoms with Gasteiger partial charge in [0, 0.05) is 31.9 Å². The Kier molecular flexibility index (Phi) is 6.76. The van der Waals surface area contributed by atoms with Gasteiger partial charge in [0.15, 0.2) is 23.3 Å². The Morgan fingerprint density at radius 2 is 1.50 bits per heavy atom. The van der Waals surface area contributed by atoms with E-state index in [1.807, 2.05) is 10.3 Å². The summed E-state index contributed by atoms with van der Waals surface area (Å²) in [5.41, 5.74) is -1.00. The largest absolute Gasteiger partial charge is 0.367 e. The van der Waals surface area contributed by atoms with E-state index in [0.29, 0.717) is 36.7 Å². The van der Waals surface area contributed by atoms with Gasteiger partial charge in [0.25, 0.3) is 11.8 Å². The van der Waals surface area contributed by atoms with Gasteiger partial charge in [-0.2, -0.15) is 0 Å². The van der Waals surface area contributed by atoms with Crippen molar-refractivity contribution in [2.75, 3.05) is 36.4 Å². The van der Waals surface area contributed by atoms with Gasteiger partial charge in [-0.25, -0.2) is 22.0 Å². The lowest BCUT2D eigenvalue weighted by atomic mass is 10.1. The third kappa shape index (κ3) is 4.45. The average molecular weight is 516 g/mol. The van der Waals surface area contributed by atoms with Crippen molar-refractivity contribution < 1.29 is 31.5 Å². The summed E-state index contributed by atoms with van der Waals surface area (Å²) in [6, 6.07) is 7.79. The van der Waals surface area contributed by atoms with E-state index in [2.05, 4.69) is 5.32 Å². The van der Waals surface area contributed by atoms with Gasteiger partial charge in [-0.3, -0.25) is 9.59 Å². The third-order valence-corrected chi connectivity index (χ3v) is 6.44. The van der Waals surface area contributed by atoms with Gasteiger partial charge in [0.1, 0.15) is 5.56 Å². The number of carbonyl (C=O) groups is 2. The molecule has 5 nitrogen and oxygen atoms in total. The molecule has 2 amide bonds. The number of nitrogens with one attached hydrogen (secondary N) is 1. The summed E-state index contributed by atoms with van der Waals surface area (Å²) in [6.07, 6.45) is 0. The normalized spacial score (nSPS) is 13.8. The Morgan fingerprint density at radius 3 is 2.06 bits per heavy atom. The molecule has 1 saturated heterocycles. The average Bonchev–Trinajstić information content (AvgIpc) is 3.36. The number of rotatable bonds is 4.